The number of methoxy groups -OCH3 is 1. The van der Waals surface area contributed by atoms with Crippen molar-refractivity contribution < 1.29 is 9.53 Å². The van der Waals surface area contributed by atoms with Gasteiger partial charge in [-0.2, -0.15) is 0 Å². The van der Waals surface area contributed by atoms with Crippen LogP contribution in [0.15, 0.2) is 53.9 Å². The Labute approximate surface area is 145 Å². The molecule has 0 bridgehead atoms. The van der Waals surface area contributed by atoms with Gasteiger partial charge in [0.05, 0.1) is 13.7 Å². The molecule has 0 saturated heterocycles. The predicted molar refractivity (Wildman–Crippen MR) is 98.0 cm³/mol. The number of aryl methyl sites for hydroxylation is 1. The van der Waals surface area contributed by atoms with Crippen LogP contribution in [-0.2, 0) is 13.6 Å². The molecular formula is C19H20N2O2S. The highest BCUT2D eigenvalue weighted by Gasteiger charge is 2.21. The third kappa shape index (κ3) is 3.21. The summed E-state index contributed by atoms with van der Waals surface area (Å²) in [7, 11) is 3.55. The van der Waals surface area contributed by atoms with Crippen LogP contribution in [0.1, 0.15) is 21.1 Å². The lowest BCUT2D eigenvalue weighted by Gasteiger charge is -2.23. The van der Waals surface area contributed by atoms with Gasteiger partial charge in [0.25, 0.3) is 5.91 Å². The summed E-state index contributed by atoms with van der Waals surface area (Å²) >= 11 is 1.65. The van der Waals surface area contributed by atoms with Crippen LogP contribution < -0.4 is 9.64 Å². The van der Waals surface area contributed by atoms with Crippen molar-refractivity contribution in [2.45, 2.75) is 13.5 Å². The number of ether oxygens (including phenoxy) is 1. The molecule has 0 aliphatic heterocycles. The van der Waals surface area contributed by atoms with E-state index < -0.39 is 0 Å². The highest BCUT2D eigenvalue weighted by molar-refractivity contribution is 7.09. The van der Waals surface area contributed by atoms with E-state index in [-0.39, 0.29) is 5.91 Å². The fourth-order valence-corrected chi connectivity index (χ4v) is 3.26. The molecule has 0 spiro atoms. The summed E-state index contributed by atoms with van der Waals surface area (Å²) in [5.41, 5.74) is 2.59. The summed E-state index contributed by atoms with van der Waals surface area (Å²) in [5, 5.41) is 2.03. The Bertz CT molecular complexity index is 820. The molecular weight excluding hydrogens is 320 g/mol. The van der Waals surface area contributed by atoms with E-state index in [4.69, 9.17) is 4.74 Å². The normalized spacial score (nSPS) is 10.6. The van der Waals surface area contributed by atoms with Gasteiger partial charge in [0.1, 0.15) is 11.4 Å². The zero-order valence-electron chi connectivity index (χ0n) is 14.0. The number of amides is 1. The number of carbonyl (C=O) groups excluding carboxylic acids is 1. The van der Waals surface area contributed by atoms with E-state index in [1.807, 2.05) is 72.4 Å². The molecule has 24 heavy (non-hydrogen) atoms. The maximum absolute atomic E-state index is 13.1. The zero-order valence-corrected chi connectivity index (χ0v) is 14.8. The van der Waals surface area contributed by atoms with E-state index >= 15 is 0 Å². The topological polar surface area (TPSA) is 34.5 Å². The molecule has 5 heteroatoms. The van der Waals surface area contributed by atoms with Gasteiger partial charge in [-0.15, -0.1) is 11.3 Å². The Kier molecular flexibility index (Phi) is 4.71. The lowest BCUT2D eigenvalue weighted by Crippen LogP contribution is -2.31. The van der Waals surface area contributed by atoms with Gasteiger partial charge in [0.2, 0.25) is 0 Å². The average molecular weight is 340 g/mol. The molecule has 0 radical (unpaired) electrons. The maximum Gasteiger partial charge on any atom is 0.275 e. The molecule has 4 nitrogen and oxygen atoms in total. The number of nitrogens with zero attached hydrogens (tertiary/aromatic N) is 2. The van der Waals surface area contributed by atoms with Gasteiger partial charge < -0.3 is 14.2 Å². The van der Waals surface area contributed by atoms with Crippen molar-refractivity contribution in [3.8, 4) is 5.75 Å². The second-order valence-corrected chi connectivity index (χ2v) is 6.62. The molecule has 0 fully saturated rings. The van der Waals surface area contributed by atoms with Crippen molar-refractivity contribution >= 4 is 22.9 Å². The number of carbonyl (C=O) groups is 1. The monoisotopic (exact) mass is 340 g/mol. The van der Waals surface area contributed by atoms with Crippen LogP contribution in [0.2, 0.25) is 0 Å². The van der Waals surface area contributed by atoms with Gasteiger partial charge in [0, 0.05) is 23.3 Å². The molecule has 0 atom stereocenters. The number of hydrogen-bond donors (Lipinski definition) is 0. The van der Waals surface area contributed by atoms with E-state index in [0.717, 1.165) is 22.0 Å². The van der Waals surface area contributed by atoms with Crippen LogP contribution >= 0.6 is 11.3 Å². The standard InChI is InChI=1S/C19H20N2O2S/c1-14-6-11-18(20(14)2)19(22)21(13-17-5-4-12-24-17)15-7-9-16(23-3)10-8-15/h4-12H,13H2,1-3H3. The first kappa shape index (κ1) is 16.3. The van der Waals surface area contributed by atoms with Gasteiger partial charge in [-0.05, 0) is 54.8 Å². The lowest BCUT2D eigenvalue weighted by molar-refractivity contribution is 0.0977. The number of anilines is 1. The van der Waals surface area contributed by atoms with Crippen LogP contribution in [0.3, 0.4) is 0 Å². The van der Waals surface area contributed by atoms with Crippen molar-refractivity contribution in [3.63, 3.8) is 0 Å². The Morgan fingerprint density at radius 3 is 2.46 bits per heavy atom. The van der Waals surface area contributed by atoms with Gasteiger partial charge >= 0.3 is 0 Å². The molecule has 1 amide bonds. The molecule has 1 aromatic carbocycles. The van der Waals surface area contributed by atoms with E-state index in [0.29, 0.717) is 12.2 Å². The Hall–Kier alpha value is -2.53. The summed E-state index contributed by atoms with van der Waals surface area (Å²) in [6, 6.07) is 15.5. The van der Waals surface area contributed by atoms with Crippen molar-refractivity contribution in [2.75, 3.05) is 12.0 Å². The SMILES string of the molecule is COc1ccc(N(Cc2cccs2)C(=O)c2ccc(C)n2C)cc1. The quantitative estimate of drug-likeness (QED) is 0.696. The number of benzene rings is 1. The highest BCUT2D eigenvalue weighted by atomic mass is 32.1. The van der Waals surface area contributed by atoms with Crippen LogP contribution in [0.5, 0.6) is 5.75 Å². The molecule has 0 saturated carbocycles. The minimum atomic E-state index is -0.0100. The largest absolute Gasteiger partial charge is 0.497 e. The number of thiophene rings is 1. The molecule has 0 N–H and O–H groups in total. The van der Waals surface area contributed by atoms with Gasteiger partial charge in [-0.3, -0.25) is 4.79 Å². The van der Waals surface area contributed by atoms with Crippen molar-refractivity contribution in [1.82, 2.24) is 4.57 Å². The van der Waals surface area contributed by atoms with Crippen molar-refractivity contribution in [2.24, 2.45) is 7.05 Å². The third-order valence-electron chi connectivity index (χ3n) is 4.12. The zero-order chi connectivity index (χ0) is 17.1. The first-order chi connectivity index (χ1) is 11.6. The summed E-state index contributed by atoms with van der Waals surface area (Å²) in [6.45, 7) is 2.54. The second kappa shape index (κ2) is 6.93. The molecule has 3 rings (SSSR count). The lowest BCUT2D eigenvalue weighted by atomic mass is 10.2. The fourth-order valence-electron chi connectivity index (χ4n) is 2.57. The minimum Gasteiger partial charge on any atom is -0.497 e. The molecule has 2 heterocycles. The smallest absolute Gasteiger partial charge is 0.275 e. The number of aromatic nitrogens is 1. The molecule has 0 aliphatic rings. The van der Waals surface area contributed by atoms with E-state index in [9.17, 15) is 4.79 Å². The first-order valence-electron chi connectivity index (χ1n) is 7.71. The molecule has 2 aromatic heterocycles. The molecule has 124 valence electrons. The molecule has 0 unspecified atom stereocenters. The number of hydrogen-bond acceptors (Lipinski definition) is 3. The minimum absolute atomic E-state index is 0.0100. The first-order valence-corrected chi connectivity index (χ1v) is 8.58. The highest BCUT2D eigenvalue weighted by Crippen LogP contribution is 2.25. The van der Waals surface area contributed by atoms with Crippen molar-refractivity contribution in [3.05, 3.63) is 70.2 Å². The summed E-state index contributed by atoms with van der Waals surface area (Å²) in [4.78, 5) is 16.1. The number of rotatable bonds is 5. The van der Waals surface area contributed by atoms with Gasteiger partial charge in [0.15, 0.2) is 0 Å². The fraction of sp³-hybridized carbons (Fsp3) is 0.211. The van der Waals surface area contributed by atoms with Crippen molar-refractivity contribution in [1.29, 1.82) is 0 Å². The predicted octanol–water partition coefficient (Wildman–Crippen LogP) is 4.25. The van der Waals surface area contributed by atoms with Crippen LogP contribution in [0.25, 0.3) is 0 Å². The Morgan fingerprint density at radius 1 is 1.17 bits per heavy atom. The van der Waals surface area contributed by atoms with E-state index in [1.165, 1.54) is 0 Å². The molecule has 3 aromatic rings. The van der Waals surface area contributed by atoms with E-state index in [1.54, 1.807) is 23.3 Å². The second-order valence-electron chi connectivity index (χ2n) is 5.59. The molecule has 0 aliphatic carbocycles. The summed E-state index contributed by atoms with van der Waals surface area (Å²) in [5.74, 6) is 0.765. The van der Waals surface area contributed by atoms with Gasteiger partial charge in [-0.1, -0.05) is 6.07 Å². The van der Waals surface area contributed by atoms with Gasteiger partial charge in [-0.25, -0.2) is 0 Å². The summed E-state index contributed by atoms with van der Waals surface area (Å²) in [6.07, 6.45) is 0. The van der Waals surface area contributed by atoms with Crippen LogP contribution in [-0.4, -0.2) is 17.6 Å². The van der Waals surface area contributed by atoms with Crippen LogP contribution in [0.4, 0.5) is 5.69 Å². The Balaban J connectivity index is 1.97. The maximum atomic E-state index is 13.1. The average Bonchev–Trinajstić information content (AvgIpc) is 3.23. The third-order valence-corrected chi connectivity index (χ3v) is 4.98. The van der Waals surface area contributed by atoms with E-state index in [2.05, 4.69) is 0 Å². The summed E-state index contributed by atoms with van der Waals surface area (Å²) < 4.78 is 7.14. The van der Waals surface area contributed by atoms with Crippen LogP contribution in [0, 0.1) is 6.92 Å². The Morgan fingerprint density at radius 2 is 1.92 bits per heavy atom.